The molecule has 0 saturated carbocycles. The molecule has 1 aromatic heterocycles. The van der Waals surface area contributed by atoms with Crippen molar-refractivity contribution < 1.29 is 4.74 Å². The van der Waals surface area contributed by atoms with E-state index in [0.717, 1.165) is 44.5 Å². The highest BCUT2D eigenvalue weighted by Crippen LogP contribution is 2.26. The Kier molecular flexibility index (Phi) is 4.17. The Labute approximate surface area is 120 Å². The van der Waals surface area contributed by atoms with Crippen LogP contribution in [0, 0.1) is 17.2 Å². The third-order valence-electron chi connectivity index (χ3n) is 4.30. The molecule has 106 valence electrons. The second-order valence-corrected chi connectivity index (χ2v) is 5.76. The van der Waals surface area contributed by atoms with Crippen LogP contribution < -0.4 is 10.1 Å². The first-order valence-corrected chi connectivity index (χ1v) is 7.63. The number of rotatable bonds is 4. The zero-order chi connectivity index (χ0) is 13.8. The summed E-state index contributed by atoms with van der Waals surface area (Å²) in [4.78, 5) is 4.55. The summed E-state index contributed by atoms with van der Waals surface area (Å²) in [5.74, 6) is 1.24. The van der Waals surface area contributed by atoms with Gasteiger partial charge in [0.05, 0.1) is 6.61 Å². The molecule has 1 atom stereocenters. The maximum Gasteiger partial charge on any atom is 0.231 e. The van der Waals surface area contributed by atoms with Crippen molar-refractivity contribution in [1.82, 2.24) is 10.3 Å². The number of pyridine rings is 1. The van der Waals surface area contributed by atoms with E-state index in [0.29, 0.717) is 24.0 Å². The lowest BCUT2D eigenvalue weighted by Gasteiger charge is -2.22. The molecule has 4 nitrogen and oxygen atoms in total. The lowest BCUT2D eigenvalue weighted by molar-refractivity contribution is 0.246. The normalized spacial score (nSPS) is 21.2. The number of aromatic nitrogens is 1. The van der Waals surface area contributed by atoms with Crippen LogP contribution in [0.5, 0.6) is 5.88 Å². The number of aryl methyl sites for hydroxylation is 2. The van der Waals surface area contributed by atoms with Gasteiger partial charge in [-0.05, 0) is 69.2 Å². The highest BCUT2D eigenvalue weighted by atomic mass is 16.5. The van der Waals surface area contributed by atoms with Crippen molar-refractivity contribution in [2.24, 2.45) is 5.92 Å². The van der Waals surface area contributed by atoms with Crippen LogP contribution in [-0.2, 0) is 12.8 Å². The summed E-state index contributed by atoms with van der Waals surface area (Å²) in [6.07, 6.45) is 6.78. The fourth-order valence-electron chi connectivity index (χ4n) is 3.14. The van der Waals surface area contributed by atoms with Crippen molar-refractivity contribution in [2.45, 2.75) is 38.5 Å². The van der Waals surface area contributed by atoms with Crippen LogP contribution >= 0.6 is 0 Å². The van der Waals surface area contributed by atoms with Gasteiger partial charge in [0.2, 0.25) is 5.88 Å². The van der Waals surface area contributed by atoms with Crippen molar-refractivity contribution in [3.63, 3.8) is 0 Å². The Morgan fingerprint density at radius 1 is 1.40 bits per heavy atom. The van der Waals surface area contributed by atoms with Crippen molar-refractivity contribution in [2.75, 3.05) is 19.7 Å². The molecule has 0 spiro atoms. The van der Waals surface area contributed by atoms with Crippen LogP contribution in [0.4, 0.5) is 0 Å². The van der Waals surface area contributed by atoms with E-state index in [4.69, 9.17) is 4.74 Å². The van der Waals surface area contributed by atoms with E-state index in [1.807, 2.05) is 6.07 Å². The van der Waals surface area contributed by atoms with E-state index in [2.05, 4.69) is 16.4 Å². The minimum atomic E-state index is 0.539. The second kappa shape index (κ2) is 6.23. The van der Waals surface area contributed by atoms with Crippen molar-refractivity contribution in [3.05, 3.63) is 22.9 Å². The standard InChI is InChI=1S/C16H21N3O/c17-10-14-9-13-4-1-5-15(13)19-16(14)20-8-6-12-3-2-7-18-11-12/h9,12,18H,1-8,11H2. The minimum absolute atomic E-state index is 0.539. The molecule has 3 rings (SSSR count). The molecule has 1 aliphatic heterocycles. The minimum Gasteiger partial charge on any atom is -0.477 e. The molecule has 1 saturated heterocycles. The maximum absolute atomic E-state index is 9.22. The van der Waals surface area contributed by atoms with Crippen LogP contribution in [0.25, 0.3) is 0 Å². The average Bonchev–Trinajstić information content (AvgIpc) is 2.94. The monoisotopic (exact) mass is 271 g/mol. The zero-order valence-corrected chi connectivity index (χ0v) is 11.8. The van der Waals surface area contributed by atoms with E-state index >= 15 is 0 Å². The topological polar surface area (TPSA) is 57.9 Å². The number of piperidine rings is 1. The van der Waals surface area contributed by atoms with Gasteiger partial charge in [-0.1, -0.05) is 0 Å². The van der Waals surface area contributed by atoms with E-state index < -0.39 is 0 Å². The molecule has 2 aliphatic rings. The summed E-state index contributed by atoms with van der Waals surface area (Å²) in [5, 5.41) is 12.6. The highest BCUT2D eigenvalue weighted by molar-refractivity contribution is 5.44. The first-order chi connectivity index (χ1) is 9.86. The highest BCUT2D eigenvalue weighted by Gasteiger charge is 2.18. The Morgan fingerprint density at radius 3 is 3.15 bits per heavy atom. The molecule has 0 bridgehead atoms. The van der Waals surface area contributed by atoms with Crippen molar-refractivity contribution >= 4 is 0 Å². The van der Waals surface area contributed by atoms with Gasteiger partial charge in [0, 0.05) is 5.69 Å². The van der Waals surface area contributed by atoms with Crippen molar-refractivity contribution in [1.29, 1.82) is 5.26 Å². The lowest BCUT2D eigenvalue weighted by Crippen LogP contribution is -2.30. The molecule has 20 heavy (non-hydrogen) atoms. The van der Waals surface area contributed by atoms with Gasteiger partial charge in [-0.3, -0.25) is 0 Å². The van der Waals surface area contributed by atoms with Crippen LogP contribution in [0.2, 0.25) is 0 Å². The largest absolute Gasteiger partial charge is 0.477 e. The van der Waals surface area contributed by atoms with Crippen LogP contribution in [0.15, 0.2) is 6.07 Å². The predicted molar refractivity (Wildman–Crippen MR) is 76.7 cm³/mol. The smallest absolute Gasteiger partial charge is 0.231 e. The molecular formula is C16H21N3O. The SMILES string of the molecule is N#Cc1cc2c(nc1OCCC1CCCNC1)CCC2. The third-order valence-corrected chi connectivity index (χ3v) is 4.30. The predicted octanol–water partition coefficient (Wildman–Crippen LogP) is 2.21. The molecule has 1 aliphatic carbocycles. The summed E-state index contributed by atoms with van der Waals surface area (Å²) in [6, 6.07) is 4.18. The fourth-order valence-corrected chi connectivity index (χ4v) is 3.14. The lowest BCUT2D eigenvalue weighted by atomic mass is 9.97. The van der Waals surface area contributed by atoms with Crippen LogP contribution in [0.1, 0.15) is 42.5 Å². The van der Waals surface area contributed by atoms with E-state index in [-0.39, 0.29) is 0 Å². The summed E-state index contributed by atoms with van der Waals surface area (Å²) >= 11 is 0. The number of hydrogen-bond acceptors (Lipinski definition) is 4. The molecule has 1 fully saturated rings. The van der Waals surface area contributed by atoms with Gasteiger partial charge in [-0.25, -0.2) is 4.98 Å². The van der Waals surface area contributed by atoms with E-state index in [9.17, 15) is 5.26 Å². The summed E-state index contributed by atoms with van der Waals surface area (Å²) in [7, 11) is 0. The van der Waals surface area contributed by atoms with Gasteiger partial charge < -0.3 is 10.1 Å². The molecule has 0 aromatic carbocycles. The van der Waals surface area contributed by atoms with Crippen molar-refractivity contribution in [3.8, 4) is 11.9 Å². The maximum atomic E-state index is 9.22. The Hall–Kier alpha value is -1.60. The fraction of sp³-hybridized carbons (Fsp3) is 0.625. The van der Waals surface area contributed by atoms with Gasteiger partial charge in [0.15, 0.2) is 0 Å². The van der Waals surface area contributed by atoms with E-state index in [1.54, 1.807) is 0 Å². The first kappa shape index (κ1) is 13.4. The molecule has 1 aromatic rings. The quantitative estimate of drug-likeness (QED) is 0.912. The summed E-state index contributed by atoms with van der Waals surface area (Å²) in [5.41, 5.74) is 2.94. The number of fused-ring (bicyclic) bond motifs is 1. The average molecular weight is 271 g/mol. The Morgan fingerprint density at radius 2 is 2.35 bits per heavy atom. The van der Waals surface area contributed by atoms with Gasteiger partial charge >= 0.3 is 0 Å². The number of hydrogen-bond donors (Lipinski definition) is 1. The van der Waals surface area contributed by atoms with Crippen LogP contribution in [0.3, 0.4) is 0 Å². The number of nitriles is 1. The number of nitrogens with zero attached hydrogens (tertiary/aromatic N) is 2. The zero-order valence-electron chi connectivity index (χ0n) is 11.8. The molecule has 2 heterocycles. The first-order valence-electron chi connectivity index (χ1n) is 7.63. The second-order valence-electron chi connectivity index (χ2n) is 5.76. The molecule has 1 unspecified atom stereocenters. The summed E-state index contributed by atoms with van der Waals surface area (Å²) < 4.78 is 5.79. The molecular weight excluding hydrogens is 250 g/mol. The van der Waals surface area contributed by atoms with Gasteiger partial charge in [0.1, 0.15) is 11.6 Å². The summed E-state index contributed by atoms with van der Waals surface area (Å²) in [6.45, 7) is 2.89. The Bertz CT molecular complexity index is 515. The molecule has 1 N–H and O–H groups in total. The number of nitrogens with one attached hydrogen (secondary N) is 1. The molecule has 0 amide bonds. The Balaban J connectivity index is 1.60. The van der Waals surface area contributed by atoms with E-state index in [1.165, 1.54) is 18.4 Å². The molecule has 0 radical (unpaired) electrons. The third kappa shape index (κ3) is 2.94. The van der Waals surface area contributed by atoms with Gasteiger partial charge in [-0.2, -0.15) is 5.26 Å². The number of ether oxygens (including phenoxy) is 1. The molecule has 4 heteroatoms. The van der Waals surface area contributed by atoms with Crippen LogP contribution in [-0.4, -0.2) is 24.7 Å². The van der Waals surface area contributed by atoms with Gasteiger partial charge in [-0.15, -0.1) is 0 Å². The van der Waals surface area contributed by atoms with Gasteiger partial charge in [0.25, 0.3) is 0 Å².